The van der Waals surface area contributed by atoms with E-state index in [4.69, 9.17) is 5.73 Å². The largest absolute Gasteiger partial charge is 0.469 e. The predicted octanol–water partition coefficient (Wildman–Crippen LogP) is 0.0760. The first-order valence-electron chi connectivity index (χ1n) is 4.99. The van der Waals surface area contributed by atoms with Gasteiger partial charge in [0.15, 0.2) is 0 Å². The molecule has 1 saturated carbocycles. The Labute approximate surface area is 88.9 Å². The Morgan fingerprint density at radius 3 is 1.73 bits per heavy atom. The van der Waals surface area contributed by atoms with Crippen molar-refractivity contribution in [1.29, 1.82) is 0 Å². The van der Waals surface area contributed by atoms with Gasteiger partial charge in [-0.15, -0.1) is 0 Å². The first kappa shape index (κ1) is 12.0. The number of ether oxygens (including phenoxy) is 2. The van der Waals surface area contributed by atoms with Crippen LogP contribution < -0.4 is 5.73 Å². The molecule has 15 heavy (non-hydrogen) atoms. The first-order chi connectivity index (χ1) is 7.08. The van der Waals surface area contributed by atoms with Crippen molar-refractivity contribution in [2.24, 2.45) is 17.6 Å². The number of nitrogens with two attached hydrogens (primary N) is 1. The molecule has 0 aromatic carbocycles. The lowest BCUT2D eigenvalue weighted by Crippen LogP contribution is -2.39. The summed E-state index contributed by atoms with van der Waals surface area (Å²) in [4.78, 5) is 22.7. The summed E-state index contributed by atoms with van der Waals surface area (Å²) < 4.78 is 9.31. The number of carbonyl (C=O) groups is 2. The van der Waals surface area contributed by atoms with Crippen molar-refractivity contribution in [1.82, 2.24) is 0 Å². The lowest BCUT2D eigenvalue weighted by molar-refractivity contribution is -0.152. The van der Waals surface area contributed by atoms with Crippen LogP contribution in [-0.4, -0.2) is 32.2 Å². The molecule has 1 aliphatic rings. The van der Waals surface area contributed by atoms with Gasteiger partial charge >= 0.3 is 11.9 Å². The summed E-state index contributed by atoms with van der Waals surface area (Å²) in [6, 6.07) is -0.132. The number of carbonyl (C=O) groups excluding carboxylic acids is 2. The fraction of sp³-hybridized carbons (Fsp3) is 0.800. The molecule has 3 atom stereocenters. The second kappa shape index (κ2) is 5.11. The molecule has 0 spiro atoms. The third-order valence-electron chi connectivity index (χ3n) is 2.81. The van der Waals surface area contributed by atoms with Crippen LogP contribution in [-0.2, 0) is 19.1 Å². The summed E-state index contributed by atoms with van der Waals surface area (Å²) in [6.07, 6.45) is 1.65. The minimum Gasteiger partial charge on any atom is -0.469 e. The van der Waals surface area contributed by atoms with E-state index in [-0.39, 0.29) is 29.8 Å². The monoisotopic (exact) mass is 215 g/mol. The average molecular weight is 215 g/mol. The van der Waals surface area contributed by atoms with Crippen LogP contribution in [0.1, 0.15) is 19.3 Å². The van der Waals surface area contributed by atoms with E-state index in [1.54, 1.807) is 0 Å². The molecule has 0 radical (unpaired) electrons. The topological polar surface area (TPSA) is 78.6 Å². The molecule has 0 bridgehead atoms. The third kappa shape index (κ3) is 2.92. The van der Waals surface area contributed by atoms with Crippen LogP contribution in [0.25, 0.3) is 0 Å². The van der Waals surface area contributed by atoms with Crippen LogP contribution in [0.2, 0.25) is 0 Å². The quantitative estimate of drug-likeness (QED) is 0.660. The second-order valence-corrected chi connectivity index (χ2v) is 3.91. The van der Waals surface area contributed by atoms with Gasteiger partial charge in [0.1, 0.15) is 0 Å². The molecule has 1 rings (SSSR count). The molecule has 0 aliphatic heterocycles. The van der Waals surface area contributed by atoms with Crippen LogP contribution >= 0.6 is 0 Å². The van der Waals surface area contributed by atoms with Crippen molar-refractivity contribution in [2.75, 3.05) is 14.2 Å². The molecule has 1 unspecified atom stereocenters. The molecule has 5 heteroatoms. The molecular formula is C10H17NO4. The van der Waals surface area contributed by atoms with Gasteiger partial charge in [0.2, 0.25) is 0 Å². The lowest BCUT2D eigenvalue weighted by atomic mass is 9.79. The Balaban J connectivity index is 2.63. The Morgan fingerprint density at radius 1 is 1.00 bits per heavy atom. The molecule has 0 saturated heterocycles. The van der Waals surface area contributed by atoms with Crippen LogP contribution in [0.5, 0.6) is 0 Å². The van der Waals surface area contributed by atoms with Gasteiger partial charge in [0.25, 0.3) is 0 Å². The van der Waals surface area contributed by atoms with E-state index in [1.807, 2.05) is 0 Å². The molecular weight excluding hydrogens is 198 g/mol. The number of rotatable bonds is 2. The van der Waals surface area contributed by atoms with E-state index in [2.05, 4.69) is 9.47 Å². The van der Waals surface area contributed by atoms with E-state index in [1.165, 1.54) is 14.2 Å². The summed E-state index contributed by atoms with van der Waals surface area (Å²) >= 11 is 0. The zero-order valence-electron chi connectivity index (χ0n) is 9.06. The van der Waals surface area contributed by atoms with Crippen molar-refractivity contribution in [3.63, 3.8) is 0 Å². The smallest absolute Gasteiger partial charge is 0.308 e. The van der Waals surface area contributed by atoms with Gasteiger partial charge < -0.3 is 15.2 Å². The van der Waals surface area contributed by atoms with Crippen LogP contribution in [0.3, 0.4) is 0 Å². The molecule has 0 aromatic heterocycles. The van der Waals surface area contributed by atoms with Gasteiger partial charge in [-0.3, -0.25) is 9.59 Å². The minimum absolute atomic E-state index is 0.132. The maximum Gasteiger partial charge on any atom is 0.308 e. The summed E-state index contributed by atoms with van der Waals surface area (Å²) in [5.74, 6) is -1.14. The van der Waals surface area contributed by atoms with E-state index in [0.717, 1.165) is 0 Å². The highest BCUT2D eigenvalue weighted by Crippen LogP contribution is 2.29. The molecule has 2 N–H and O–H groups in total. The second-order valence-electron chi connectivity index (χ2n) is 3.91. The number of hydrogen-bond acceptors (Lipinski definition) is 5. The number of hydrogen-bond donors (Lipinski definition) is 1. The fourth-order valence-electron chi connectivity index (χ4n) is 2.08. The predicted molar refractivity (Wildman–Crippen MR) is 52.8 cm³/mol. The third-order valence-corrected chi connectivity index (χ3v) is 2.81. The summed E-state index contributed by atoms with van der Waals surface area (Å²) in [6.45, 7) is 0. The lowest BCUT2D eigenvalue weighted by Gasteiger charge is -2.29. The molecule has 0 amide bonds. The van der Waals surface area contributed by atoms with Crippen molar-refractivity contribution >= 4 is 11.9 Å². The first-order valence-corrected chi connectivity index (χ1v) is 4.99. The normalized spacial score (nSPS) is 30.7. The molecule has 0 aromatic rings. The summed E-state index contributed by atoms with van der Waals surface area (Å²) in [5.41, 5.74) is 5.78. The zero-order valence-corrected chi connectivity index (χ0v) is 9.06. The maximum atomic E-state index is 11.3. The standard InChI is InChI=1S/C10H17NO4/c1-14-9(12)6-3-7(10(13)15-2)5-8(11)4-6/h6-8H,3-5,11H2,1-2H3/t6-,7+,8?. The Morgan fingerprint density at radius 2 is 1.40 bits per heavy atom. The summed E-state index contributed by atoms with van der Waals surface area (Å²) in [7, 11) is 2.69. The van der Waals surface area contributed by atoms with Crippen molar-refractivity contribution in [2.45, 2.75) is 25.3 Å². The zero-order chi connectivity index (χ0) is 11.4. The van der Waals surface area contributed by atoms with Crippen LogP contribution in [0, 0.1) is 11.8 Å². The summed E-state index contributed by atoms with van der Waals surface area (Å²) in [5, 5.41) is 0. The van der Waals surface area contributed by atoms with Crippen molar-refractivity contribution in [3.8, 4) is 0 Å². The Hall–Kier alpha value is -1.10. The highest BCUT2D eigenvalue weighted by atomic mass is 16.5. The number of methoxy groups -OCH3 is 2. The highest BCUT2D eigenvalue weighted by molar-refractivity contribution is 5.76. The fourth-order valence-corrected chi connectivity index (χ4v) is 2.08. The minimum atomic E-state index is -0.293. The van der Waals surface area contributed by atoms with Crippen molar-refractivity contribution < 1.29 is 19.1 Å². The van der Waals surface area contributed by atoms with Gasteiger partial charge in [0, 0.05) is 6.04 Å². The molecule has 1 aliphatic carbocycles. The maximum absolute atomic E-state index is 11.3. The van der Waals surface area contributed by atoms with E-state index in [0.29, 0.717) is 19.3 Å². The van der Waals surface area contributed by atoms with Gasteiger partial charge in [0.05, 0.1) is 26.1 Å². The van der Waals surface area contributed by atoms with Crippen LogP contribution in [0.15, 0.2) is 0 Å². The van der Waals surface area contributed by atoms with E-state index >= 15 is 0 Å². The SMILES string of the molecule is COC(=O)[C@@H]1CC(N)C[C@H](C(=O)OC)C1. The van der Waals surface area contributed by atoms with Gasteiger partial charge in [-0.1, -0.05) is 0 Å². The van der Waals surface area contributed by atoms with E-state index in [9.17, 15) is 9.59 Å². The molecule has 5 nitrogen and oxygen atoms in total. The number of esters is 2. The van der Waals surface area contributed by atoms with Crippen LogP contribution in [0.4, 0.5) is 0 Å². The Bertz CT molecular complexity index is 230. The van der Waals surface area contributed by atoms with Gasteiger partial charge in [-0.05, 0) is 19.3 Å². The molecule has 86 valence electrons. The van der Waals surface area contributed by atoms with Crippen molar-refractivity contribution in [3.05, 3.63) is 0 Å². The van der Waals surface area contributed by atoms with E-state index < -0.39 is 0 Å². The molecule has 1 fully saturated rings. The molecule has 0 heterocycles. The average Bonchev–Trinajstić information content (AvgIpc) is 2.26. The van der Waals surface area contributed by atoms with Gasteiger partial charge in [-0.2, -0.15) is 0 Å². The van der Waals surface area contributed by atoms with Gasteiger partial charge in [-0.25, -0.2) is 0 Å². The highest BCUT2D eigenvalue weighted by Gasteiger charge is 2.35. The Kier molecular flexibility index (Phi) is 4.08.